The molecule has 4 amide bonds. The summed E-state index contributed by atoms with van der Waals surface area (Å²) < 4.78 is 21.5. The predicted molar refractivity (Wildman–Crippen MR) is 325 cm³/mol. The van der Waals surface area contributed by atoms with Gasteiger partial charge >= 0.3 is 5.97 Å². The number of carboxylic acids is 1. The van der Waals surface area contributed by atoms with Crippen molar-refractivity contribution in [1.82, 2.24) is 30.5 Å². The fourth-order valence-corrected chi connectivity index (χ4v) is 13.8. The summed E-state index contributed by atoms with van der Waals surface area (Å²) in [5, 5.41) is 30.5. The molecule has 3 atom stereocenters. The van der Waals surface area contributed by atoms with Crippen molar-refractivity contribution in [3.63, 3.8) is 0 Å². The number of para-hydroxylation sites is 1. The summed E-state index contributed by atoms with van der Waals surface area (Å²) in [6, 6.07) is 28.4. The van der Waals surface area contributed by atoms with Crippen LogP contribution in [0.3, 0.4) is 0 Å². The van der Waals surface area contributed by atoms with Crippen molar-refractivity contribution in [3.8, 4) is 27.3 Å². The van der Waals surface area contributed by atoms with Crippen LogP contribution in [0.15, 0.2) is 103 Å². The summed E-state index contributed by atoms with van der Waals surface area (Å²) >= 11 is 4.50. The highest BCUT2D eigenvalue weighted by Crippen LogP contribution is 2.42. The van der Waals surface area contributed by atoms with E-state index in [0.717, 1.165) is 87.1 Å². The van der Waals surface area contributed by atoms with Gasteiger partial charge in [0.2, 0.25) is 11.8 Å². The quantitative estimate of drug-likeness (QED) is 0.0356. The van der Waals surface area contributed by atoms with E-state index in [1.165, 1.54) is 28.0 Å². The molecular weight excluding hydrogens is 1110 g/mol. The van der Waals surface area contributed by atoms with Crippen molar-refractivity contribution in [2.45, 2.75) is 134 Å². The number of carbonyl (C=O) groups is 5. The number of benzene rings is 4. The van der Waals surface area contributed by atoms with Gasteiger partial charge in [-0.15, -0.1) is 11.3 Å². The van der Waals surface area contributed by atoms with E-state index in [4.69, 9.17) is 9.72 Å². The molecule has 83 heavy (non-hydrogen) atoms. The topological polar surface area (TPSA) is 216 Å². The number of aromatic carboxylic acids is 1. The van der Waals surface area contributed by atoms with Crippen LogP contribution in [-0.2, 0) is 33.9 Å². The Labute approximate surface area is 494 Å². The zero-order valence-electron chi connectivity index (χ0n) is 47.0. The highest BCUT2D eigenvalue weighted by molar-refractivity contribution is 8.00. The van der Waals surface area contributed by atoms with E-state index in [-0.39, 0.29) is 44.0 Å². The van der Waals surface area contributed by atoms with Gasteiger partial charge in [-0.2, -0.15) is 11.8 Å². The Kier molecular flexibility index (Phi) is 18.2. The van der Waals surface area contributed by atoms with Gasteiger partial charge in [-0.3, -0.25) is 24.5 Å². The lowest BCUT2D eigenvalue weighted by molar-refractivity contribution is -0.143. The minimum atomic E-state index is -2.01. The number of alkyl halides is 1. The Bertz CT molecular complexity index is 3500. The number of aliphatic hydroxyl groups excluding tert-OH is 1. The number of amides is 4. The lowest BCUT2D eigenvalue weighted by Crippen LogP contribution is -2.61. The average molecular weight is 1180 g/mol. The first-order valence-corrected chi connectivity index (χ1v) is 31.0. The maximum Gasteiger partial charge on any atom is 0.355 e. The first kappa shape index (κ1) is 58.9. The molecule has 1 saturated carbocycles. The van der Waals surface area contributed by atoms with Crippen LogP contribution in [0.1, 0.15) is 120 Å². The third-order valence-electron chi connectivity index (χ3n) is 15.9. The largest absolute Gasteiger partial charge is 0.493 e. The summed E-state index contributed by atoms with van der Waals surface area (Å²) in [5.74, 6) is -1.31. The Morgan fingerprint density at radius 1 is 0.892 bits per heavy atom. The summed E-state index contributed by atoms with van der Waals surface area (Å²) in [6.45, 7) is 9.19. The van der Waals surface area contributed by atoms with Gasteiger partial charge in [-0.1, -0.05) is 97.7 Å². The fraction of sp³-hybridized carbons (Fsp3) is 0.397. The van der Waals surface area contributed by atoms with Crippen LogP contribution in [0.2, 0.25) is 0 Å². The lowest BCUT2D eigenvalue weighted by Gasteiger charge is -2.37. The van der Waals surface area contributed by atoms with Crippen LogP contribution in [0.5, 0.6) is 5.75 Å². The summed E-state index contributed by atoms with van der Waals surface area (Å²) in [7, 11) is 0. The molecular formula is C63H69FN8O8S3. The number of aliphatic hydroxyl groups is 1. The first-order valence-electron chi connectivity index (χ1n) is 28.4. The number of aromatic nitrogens is 3. The van der Waals surface area contributed by atoms with E-state index in [1.54, 1.807) is 29.0 Å². The Morgan fingerprint density at radius 2 is 1.65 bits per heavy atom. The molecule has 16 nitrogen and oxygen atoms in total. The maximum absolute atomic E-state index is 15.1. The predicted octanol–water partition coefficient (Wildman–Crippen LogP) is 11.1. The number of likely N-dealkylation sites (tertiary alicyclic amines) is 1. The number of unbranched alkanes of at least 4 members (excludes halogenated alkanes) is 5. The van der Waals surface area contributed by atoms with Gasteiger partial charge in [0.15, 0.2) is 16.5 Å². The third kappa shape index (κ3) is 13.7. The molecule has 3 aliphatic rings. The smallest absolute Gasteiger partial charge is 0.355 e. The van der Waals surface area contributed by atoms with E-state index in [9.17, 15) is 34.2 Å². The van der Waals surface area contributed by atoms with Crippen molar-refractivity contribution in [1.29, 1.82) is 0 Å². The molecule has 7 aromatic rings. The molecule has 434 valence electrons. The first-order chi connectivity index (χ1) is 40.0. The molecule has 2 aliphatic heterocycles. The summed E-state index contributed by atoms with van der Waals surface area (Å²) in [5.41, 5.74) is 7.84. The van der Waals surface area contributed by atoms with Crippen LogP contribution in [0.25, 0.3) is 31.8 Å². The van der Waals surface area contributed by atoms with Crippen molar-refractivity contribution in [2.24, 2.45) is 0 Å². The molecule has 1 aliphatic carbocycles. The van der Waals surface area contributed by atoms with Gasteiger partial charge in [0.1, 0.15) is 23.7 Å². The van der Waals surface area contributed by atoms with Gasteiger partial charge in [-0.25, -0.2) is 24.1 Å². The van der Waals surface area contributed by atoms with Crippen molar-refractivity contribution >= 4 is 85.2 Å². The zero-order chi connectivity index (χ0) is 58.4. The molecule has 0 radical (unpaired) electrons. The van der Waals surface area contributed by atoms with E-state index in [2.05, 4.69) is 25.9 Å². The number of carboxylic acid groups (broad SMARTS) is 1. The van der Waals surface area contributed by atoms with Gasteiger partial charge in [0.05, 0.1) is 39.0 Å². The molecule has 1 unspecified atom stereocenters. The normalized spacial score (nSPS) is 16.7. The second-order valence-corrected chi connectivity index (χ2v) is 25.9. The van der Waals surface area contributed by atoms with E-state index in [1.807, 2.05) is 118 Å². The van der Waals surface area contributed by atoms with E-state index < -0.39 is 52.3 Å². The minimum absolute atomic E-state index is 0.0435. The molecule has 5 N–H and O–H groups in total. The van der Waals surface area contributed by atoms with Crippen LogP contribution < -0.4 is 25.6 Å². The number of rotatable bonds is 24. The second-order valence-electron chi connectivity index (χ2n) is 22.2. The number of pyridine rings is 1. The van der Waals surface area contributed by atoms with Gasteiger partial charge in [0, 0.05) is 48.5 Å². The summed E-state index contributed by atoms with van der Waals surface area (Å²) in [4.78, 5) is 85.9. The summed E-state index contributed by atoms with van der Waals surface area (Å²) in [6.07, 6.45) is 5.43. The number of nitrogens with one attached hydrogen (secondary N) is 3. The molecule has 3 aromatic heterocycles. The number of hydrogen-bond acceptors (Lipinski definition) is 14. The van der Waals surface area contributed by atoms with Crippen LogP contribution >= 0.6 is 34.4 Å². The minimum Gasteiger partial charge on any atom is -0.493 e. The number of nitrogens with zero attached hydrogens (tertiary/aromatic N) is 5. The molecule has 10 rings (SSSR count). The van der Waals surface area contributed by atoms with Gasteiger partial charge in [-0.05, 0) is 135 Å². The molecule has 20 heteroatoms. The highest BCUT2D eigenvalue weighted by atomic mass is 32.2. The van der Waals surface area contributed by atoms with E-state index in [0.29, 0.717) is 65.3 Å². The number of aryl methyl sites for hydroxylation is 1. The molecule has 0 bridgehead atoms. The number of thiazole rings is 2. The highest BCUT2D eigenvalue weighted by Gasteiger charge is 2.54. The van der Waals surface area contributed by atoms with Crippen molar-refractivity contribution in [2.75, 3.05) is 35.7 Å². The van der Waals surface area contributed by atoms with Gasteiger partial charge in [0.25, 0.3) is 11.8 Å². The molecule has 0 spiro atoms. The van der Waals surface area contributed by atoms with Crippen molar-refractivity contribution in [3.05, 3.63) is 142 Å². The number of anilines is 2. The number of carbonyl (C=O) groups excluding carboxylic acids is 4. The number of thioether (sulfide) groups is 1. The second kappa shape index (κ2) is 25.7. The number of halogens is 1. The Morgan fingerprint density at radius 3 is 2.40 bits per heavy atom. The molecule has 2 fully saturated rings. The number of β-amino-alcohol motifs (C(OH)–C–C–N with tert-alkyl or cyclic N) is 1. The zero-order valence-corrected chi connectivity index (χ0v) is 49.5. The number of ether oxygens (including phenoxy) is 1. The van der Waals surface area contributed by atoms with Crippen molar-refractivity contribution < 1.29 is 43.3 Å². The maximum atomic E-state index is 15.1. The van der Waals surface area contributed by atoms with Gasteiger partial charge < -0.3 is 35.4 Å². The van der Waals surface area contributed by atoms with E-state index >= 15 is 4.39 Å². The average Bonchev–Trinajstić information content (AvgIpc) is 3.98. The Balaban J connectivity index is 0.683. The lowest BCUT2D eigenvalue weighted by atomic mass is 9.94. The van der Waals surface area contributed by atoms with Crippen LogP contribution in [0.4, 0.5) is 15.3 Å². The molecule has 5 heterocycles. The monoisotopic (exact) mass is 1180 g/mol. The number of fused-ring (bicyclic) bond motifs is 2. The standard InChI is InChI=1S/C63H69FN8O8S3/c1-38-44(45-25-26-52(68-53(45)59(77)78)71-30-27-41-15-13-17-46(47(41)36-71)56(74)70-61-67-48-18-9-10-20-51(48)83-61)16-14-19-50(38)80-31-11-7-5-6-8-12-32-82-62(3,4)55(69-60(79)63(64)28-29-63)58(76)72-35-43(73)33-49(72)57(75)65-34-40-21-23-42(24-22-40)54-39(2)66-37-81-54/h9-10,13-26,37,43,49,55,73H,5-8,11-12,27-36H2,1-4H3,(H,65,75)(H,69,79)(H,77,78)(H,67,70,74)/t43-,49+,55?/m1/s1. The SMILES string of the molecule is Cc1ncsc1-c1ccc(CNC(=O)[C@@H]2C[C@@H](O)CN2C(=O)C(NC(=O)C2(F)CC2)C(C)(C)SCCCCCCCCOc2cccc(-c3ccc(N4CCc5cccc(C(=O)Nc6nc7ccccc7s6)c5C4)nc3C(=O)O)c2C)cc1. The molecule has 1 saturated heterocycles. The van der Waals surface area contributed by atoms with Crippen LogP contribution in [-0.4, -0.2) is 114 Å². The molecule has 4 aromatic carbocycles. The Hall–Kier alpha value is -7.26. The van der Waals surface area contributed by atoms with Crippen LogP contribution in [0, 0.1) is 13.8 Å². The number of hydrogen-bond donors (Lipinski definition) is 5. The fourth-order valence-electron chi connectivity index (χ4n) is 10.9. The third-order valence-corrected chi connectivity index (χ3v) is 19.3.